The molecule has 1 aromatic carbocycles. The molecule has 10 heteroatoms. The van der Waals surface area contributed by atoms with Crippen molar-refractivity contribution in [1.29, 1.82) is 0 Å². The second-order valence-corrected chi connectivity index (χ2v) is 12.6. The number of halogens is 1. The van der Waals surface area contributed by atoms with E-state index in [1.165, 1.54) is 21.3 Å². The maximum atomic E-state index is 13.2. The van der Waals surface area contributed by atoms with Crippen molar-refractivity contribution in [2.24, 2.45) is 17.8 Å². The molecular weight excluding hydrogens is 461 g/mol. The van der Waals surface area contributed by atoms with Gasteiger partial charge in [0.15, 0.2) is 0 Å². The average molecular weight is 498 g/mol. The lowest BCUT2D eigenvalue weighted by atomic mass is 9.96. The van der Waals surface area contributed by atoms with E-state index in [0.717, 1.165) is 25.0 Å². The highest BCUT2D eigenvalue weighted by atomic mass is 32.2. The lowest BCUT2D eigenvalue weighted by Crippen LogP contribution is -2.54. The van der Waals surface area contributed by atoms with Crippen LogP contribution in [0.5, 0.6) is 0 Å². The van der Waals surface area contributed by atoms with Crippen LogP contribution in [0.3, 0.4) is 0 Å². The van der Waals surface area contributed by atoms with E-state index < -0.39 is 33.6 Å². The Kier molecular flexibility index (Phi) is 7.62. The third kappa shape index (κ3) is 5.71. The fraction of sp³-hybridized carbons (Fsp3) is 0.667. The number of ether oxygens (including phenoxy) is 1. The molecule has 3 rings (SSSR count). The Hall–Kier alpha value is -2.20. The molecule has 1 aromatic rings. The molecule has 1 saturated heterocycles. The molecule has 2 aliphatic rings. The molecule has 1 aliphatic carbocycles. The predicted octanol–water partition coefficient (Wildman–Crippen LogP) is 3.23. The van der Waals surface area contributed by atoms with Gasteiger partial charge in [0.2, 0.25) is 15.9 Å². The molecule has 0 radical (unpaired) electrons. The van der Waals surface area contributed by atoms with Crippen molar-refractivity contribution in [3.05, 3.63) is 30.1 Å². The van der Waals surface area contributed by atoms with Crippen LogP contribution in [0.15, 0.2) is 29.2 Å². The highest BCUT2D eigenvalue weighted by Gasteiger charge is 2.47. The number of hydrogen-bond donors (Lipinski definition) is 1. The first-order chi connectivity index (χ1) is 15.7. The number of nitrogens with one attached hydrogen (secondary N) is 1. The topological polar surface area (TPSA) is 96.0 Å². The van der Waals surface area contributed by atoms with Gasteiger partial charge < -0.3 is 10.1 Å². The number of fused-ring (bicyclic) bond motifs is 1. The number of likely N-dealkylation sites (N-methyl/N-ethyl adjacent to an activating group) is 1. The molecule has 0 spiro atoms. The Morgan fingerprint density at radius 3 is 2.32 bits per heavy atom. The molecule has 0 aromatic heterocycles. The van der Waals surface area contributed by atoms with Gasteiger partial charge in [0.25, 0.3) is 0 Å². The van der Waals surface area contributed by atoms with E-state index in [1.54, 1.807) is 27.8 Å². The summed E-state index contributed by atoms with van der Waals surface area (Å²) in [6.45, 7) is 9.73. The Balaban J connectivity index is 1.69. The summed E-state index contributed by atoms with van der Waals surface area (Å²) in [6, 6.07) is 3.93. The van der Waals surface area contributed by atoms with Gasteiger partial charge in [-0.2, -0.15) is 4.31 Å². The summed E-state index contributed by atoms with van der Waals surface area (Å²) in [7, 11) is -2.18. The van der Waals surface area contributed by atoms with Crippen LogP contribution in [0.4, 0.5) is 9.18 Å². The molecule has 34 heavy (non-hydrogen) atoms. The summed E-state index contributed by atoms with van der Waals surface area (Å²) in [5.74, 6) is -0.779. The number of hydrogen-bond acceptors (Lipinski definition) is 5. The van der Waals surface area contributed by atoms with Crippen molar-refractivity contribution in [3.63, 3.8) is 0 Å². The van der Waals surface area contributed by atoms with Crippen molar-refractivity contribution in [2.75, 3.05) is 20.1 Å². The van der Waals surface area contributed by atoms with E-state index in [1.807, 2.05) is 13.8 Å². The molecule has 1 saturated carbocycles. The maximum Gasteiger partial charge on any atom is 0.410 e. The van der Waals surface area contributed by atoms with Gasteiger partial charge in [-0.05, 0) is 75.6 Å². The molecule has 4 atom stereocenters. The predicted molar refractivity (Wildman–Crippen MR) is 126 cm³/mol. The van der Waals surface area contributed by atoms with Crippen LogP contribution in [-0.2, 0) is 19.6 Å². The van der Waals surface area contributed by atoms with Gasteiger partial charge in [0, 0.05) is 26.2 Å². The summed E-state index contributed by atoms with van der Waals surface area (Å²) >= 11 is 0. The fourth-order valence-corrected chi connectivity index (χ4v) is 6.53. The van der Waals surface area contributed by atoms with Gasteiger partial charge in [-0.25, -0.2) is 17.6 Å². The summed E-state index contributed by atoms with van der Waals surface area (Å²) in [4.78, 5) is 27.2. The number of carbonyl (C=O) groups excluding carboxylic acids is 2. The van der Waals surface area contributed by atoms with Gasteiger partial charge in [0.1, 0.15) is 17.5 Å². The fourth-order valence-electron chi connectivity index (χ4n) is 5.00. The van der Waals surface area contributed by atoms with Crippen molar-refractivity contribution in [3.8, 4) is 0 Å². The molecule has 8 nitrogen and oxygen atoms in total. The summed E-state index contributed by atoms with van der Waals surface area (Å²) in [5, 5.41) is 3.09. The Labute approximate surface area is 201 Å². The summed E-state index contributed by atoms with van der Waals surface area (Å²) in [5.41, 5.74) is -0.675. The quantitative estimate of drug-likeness (QED) is 0.651. The van der Waals surface area contributed by atoms with Crippen molar-refractivity contribution in [1.82, 2.24) is 14.5 Å². The van der Waals surface area contributed by atoms with Gasteiger partial charge in [0.05, 0.1) is 4.90 Å². The van der Waals surface area contributed by atoms with Gasteiger partial charge in [-0.15, -0.1) is 0 Å². The number of carbonyl (C=O) groups is 2. The van der Waals surface area contributed by atoms with Crippen LogP contribution >= 0.6 is 0 Å². The van der Waals surface area contributed by atoms with Crippen LogP contribution in [0, 0.1) is 23.6 Å². The van der Waals surface area contributed by atoms with Crippen LogP contribution in [-0.4, -0.2) is 67.4 Å². The summed E-state index contributed by atoms with van der Waals surface area (Å²) < 4.78 is 46.2. The average Bonchev–Trinajstić information content (AvgIpc) is 3.29. The molecule has 2 fully saturated rings. The molecule has 0 unspecified atom stereocenters. The minimum atomic E-state index is -3.74. The monoisotopic (exact) mass is 497 g/mol. The molecule has 1 heterocycles. The van der Waals surface area contributed by atoms with Gasteiger partial charge in [-0.3, -0.25) is 9.69 Å². The first-order valence-corrected chi connectivity index (χ1v) is 13.2. The normalized spacial score (nSPS) is 24.1. The molecule has 1 aliphatic heterocycles. The van der Waals surface area contributed by atoms with Crippen LogP contribution in [0.1, 0.15) is 47.5 Å². The first-order valence-electron chi connectivity index (χ1n) is 11.7. The smallest absolute Gasteiger partial charge is 0.410 e. The number of amides is 2. The number of benzene rings is 1. The highest BCUT2D eigenvalue weighted by Crippen LogP contribution is 2.40. The van der Waals surface area contributed by atoms with E-state index in [-0.39, 0.29) is 34.6 Å². The third-order valence-electron chi connectivity index (χ3n) is 6.60. The molecule has 0 bridgehead atoms. The zero-order valence-corrected chi connectivity index (χ0v) is 21.6. The first kappa shape index (κ1) is 26.4. The lowest BCUT2D eigenvalue weighted by molar-refractivity contribution is -0.128. The molecule has 1 N–H and O–H groups in total. The standard InChI is InChI=1S/C24H36FN3O5S/c1-15(2)21(27(6)23(30)33-24(3,4)5)22(29)26-20-12-7-16-13-28(14-19(16)20)34(31,32)18-10-8-17(25)9-11-18/h8-11,15-16,19-21H,7,12-14H2,1-6H3,(H,26,29)/t16-,19+,20+,21-/m0/s1. The summed E-state index contributed by atoms with van der Waals surface area (Å²) in [6.07, 6.45) is 0.995. The molecule has 190 valence electrons. The van der Waals surface area contributed by atoms with E-state index in [9.17, 15) is 22.4 Å². The number of sulfonamides is 1. The maximum absolute atomic E-state index is 13.2. The van der Waals surface area contributed by atoms with Crippen molar-refractivity contribution < 1.29 is 27.1 Å². The molecule has 2 amide bonds. The Bertz CT molecular complexity index is 1010. The SMILES string of the molecule is CC(C)[C@@H](C(=O)N[C@@H]1CC[C@H]2CN(S(=O)(=O)c3ccc(F)cc3)C[C@H]21)N(C)C(=O)OC(C)(C)C. The van der Waals surface area contributed by atoms with E-state index in [4.69, 9.17) is 4.74 Å². The van der Waals surface area contributed by atoms with E-state index in [2.05, 4.69) is 5.32 Å². The van der Waals surface area contributed by atoms with Crippen molar-refractivity contribution >= 4 is 22.0 Å². The third-order valence-corrected chi connectivity index (χ3v) is 8.45. The van der Waals surface area contributed by atoms with Crippen LogP contribution < -0.4 is 5.32 Å². The highest BCUT2D eigenvalue weighted by molar-refractivity contribution is 7.89. The Morgan fingerprint density at radius 1 is 1.15 bits per heavy atom. The van der Waals surface area contributed by atoms with Crippen LogP contribution in [0.2, 0.25) is 0 Å². The minimum absolute atomic E-state index is 0.0150. The van der Waals surface area contributed by atoms with E-state index in [0.29, 0.717) is 13.1 Å². The van der Waals surface area contributed by atoms with Gasteiger partial charge >= 0.3 is 6.09 Å². The molecular formula is C24H36FN3O5S. The number of rotatable bonds is 6. The largest absolute Gasteiger partial charge is 0.444 e. The lowest BCUT2D eigenvalue weighted by Gasteiger charge is -2.33. The zero-order valence-electron chi connectivity index (χ0n) is 20.7. The van der Waals surface area contributed by atoms with Crippen molar-refractivity contribution in [2.45, 2.75) is 70.0 Å². The van der Waals surface area contributed by atoms with E-state index >= 15 is 0 Å². The second kappa shape index (κ2) is 9.81. The number of nitrogens with zero attached hydrogens (tertiary/aromatic N) is 2. The zero-order chi connectivity index (χ0) is 25.4. The minimum Gasteiger partial charge on any atom is -0.444 e. The van der Waals surface area contributed by atoms with Crippen LogP contribution in [0.25, 0.3) is 0 Å². The second-order valence-electron chi connectivity index (χ2n) is 10.7. The Morgan fingerprint density at radius 2 is 1.76 bits per heavy atom. The van der Waals surface area contributed by atoms with Gasteiger partial charge in [-0.1, -0.05) is 13.8 Å².